The van der Waals surface area contributed by atoms with Crippen LogP contribution in [0.15, 0.2) is 23.1 Å². The number of hydrogen-bond donors (Lipinski definition) is 2. The van der Waals surface area contributed by atoms with Crippen LogP contribution in [0.25, 0.3) is 0 Å². The van der Waals surface area contributed by atoms with Gasteiger partial charge in [-0.05, 0) is 26.0 Å². The number of fused-ring (bicyclic) bond motifs is 1. The molecule has 2 rings (SSSR count). The summed E-state index contributed by atoms with van der Waals surface area (Å²) in [5.74, 6) is 0. The van der Waals surface area contributed by atoms with Crippen molar-refractivity contribution in [1.82, 2.24) is 0 Å². The molecule has 1 aromatic rings. The number of hydrogen-bond acceptors (Lipinski definition) is 2. The van der Waals surface area contributed by atoms with Crippen LogP contribution in [0.3, 0.4) is 0 Å². The monoisotopic (exact) mass is 280 g/mol. The molecule has 0 spiro atoms. The van der Waals surface area contributed by atoms with Crippen LogP contribution >= 0.6 is 0 Å². The van der Waals surface area contributed by atoms with Gasteiger partial charge < -0.3 is 1.43 Å². The summed E-state index contributed by atoms with van der Waals surface area (Å²) in [6, 6.07) is 4.60. The Morgan fingerprint density at radius 1 is 1.35 bits per heavy atom. The molecular weight excluding hydrogens is 265 g/mol. The minimum atomic E-state index is -4.13. The number of benzene rings is 1. The molecule has 0 aliphatic carbocycles. The molecule has 0 saturated heterocycles. The van der Waals surface area contributed by atoms with Crippen LogP contribution in [0.2, 0.25) is 0 Å². The molecule has 0 fully saturated rings. The standard InChI is InChI=1S/C11H13NO3S.K.H/c1-7-11(2,3)9-6-8(16(13,14)15)4-5-10(9)12-7;;/h4-6H,1-3H3,(H,13,14,15);;/q;+1;-1/p+1. The fraction of sp³-hybridized carbons (Fsp3) is 0.364. The topological polar surface area (TPSA) is 68.3 Å². The second kappa shape index (κ2) is 4.84. The van der Waals surface area contributed by atoms with Gasteiger partial charge in [-0.2, -0.15) is 8.42 Å². The van der Waals surface area contributed by atoms with Gasteiger partial charge in [0.15, 0.2) is 5.71 Å². The zero-order valence-corrected chi connectivity index (χ0v) is 14.3. The largest absolute Gasteiger partial charge is 1.00 e. The van der Waals surface area contributed by atoms with Gasteiger partial charge >= 0.3 is 51.4 Å². The fourth-order valence-corrected chi connectivity index (χ4v) is 2.38. The summed E-state index contributed by atoms with van der Waals surface area (Å²) >= 11 is 0. The molecule has 88 valence electrons. The molecule has 17 heavy (non-hydrogen) atoms. The Balaban J connectivity index is 0.00000144. The van der Waals surface area contributed by atoms with Gasteiger partial charge in [0, 0.05) is 18.6 Å². The van der Waals surface area contributed by atoms with E-state index in [0.29, 0.717) is 0 Å². The molecule has 0 unspecified atom stereocenters. The van der Waals surface area contributed by atoms with E-state index < -0.39 is 10.1 Å². The summed E-state index contributed by atoms with van der Waals surface area (Å²) in [4.78, 5) is 3.15. The number of rotatable bonds is 1. The van der Waals surface area contributed by atoms with Gasteiger partial charge in [-0.1, -0.05) is 0 Å². The third-order valence-electron chi connectivity index (χ3n) is 3.22. The van der Waals surface area contributed by atoms with Crippen molar-refractivity contribution in [3.8, 4) is 0 Å². The third kappa shape index (κ3) is 2.73. The Bertz CT molecular complexity index is 596. The van der Waals surface area contributed by atoms with Crippen molar-refractivity contribution < 1.29 is 70.8 Å². The first kappa shape index (κ1) is 15.5. The molecule has 4 nitrogen and oxygen atoms in total. The summed E-state index contributed by atoms with van der Waals surface area (Å²) in [6.07, 6.45) is 0. The summed E-state index contributed by atoms with van der Waals surface area (Å²) in [6.45, 7) is 5.98. The Labute approximate surface area is 145 Å². The smallest absolute Gasteiger partial charge is 1.00 e. The van der Waals surface area contributed by atoms with E-state index in [4.69, 9.17) is 4.55 Å². The van der Waals surface area contributed by atoms with Crippen molar-refractivity contribution in [1.29, 1.82) is 0 Å². The summed E-state index contributed by atoms with van der Waals surface area (Å²) < 4.78 is 31.1. The molecule has 1 heterocycles. The van der Waals surface area contributed by atoms with Crippen molar-refractivity contribution in [2.24, 2.45) is 0 Å². The van der Waals surface area contributed by atoms with E-state index in [0.717, 1.165) is 17.0 Å². The maximum absolute atomic E-state index is 11.1. The Hall–Kier alpha value is 0.436. The van der Waals surface area contributed by atoms with E-state index in [9.17, 15) is 8.42 Å². The van der Waals surface area contributed by atoms with Gasteiger partial charge in [-0.3, -0.25) is 4.55 Å². The molecule has 0 saturated carbocycles. The molecule has 0 amide bonds. The zero-order valence-electron chi connectivity index (χ0n) is 11.4. The first-order chi connectivity index (χ1) is 7.23. The Kier molecular flexibility index (Phi) is 4.41. The average molecular weight is 280 g/mol. The van der Waals surface area contributed by atoms with E-state index in [2.05, 4.69) is 4.99 Å². The van der Waals surface area contributed by atoms with Gasteiger partial charge in [-0.15, -0.1) is 0 Å². The van der Waals surface area contributed by atoms with Crippen LogP contribution in [-0.2, 0) is 15.5 Å². The van der Waals surface area contributed by atoms with Crippen LogP contribution in [0, 0.1) is 0 Å². The predicted molar refractivity (Wildman–Crippen MR) is 61.7 cm³/mol. The van der Waals surface area contributed by atoms with Crippen LogP contribution in [0.4, 0.5) is 5.69 Å². The molecule has 1 aromatic carbocycles. The summed E-state index contributed by atoms with van der Waals surface area (Å²) in [5, 5.41) is 0. The number of nitrogens with one attached hydrogen (secondary N) is 1. The predicted octanol–water partition coefficient (Wildman–Crippen LogP) is -2.49. The van der Waals surface area contributed by atoms with Crippen LogP contribution in [0.5, 0.6) is 0 Å². The first-order valence-electron chi connectivity index (χ1n) is 4.96. The Morgan fingerprint density at radius 2 is 1.94 bits per heavy atom. The fourth-order valence-electron chi connectivity index (χ4n) is 1.87. The van der Waals surface area contributed by atoms with E-state index in [1.165, 1.54) is 12.1 Å². The van der Waals surface area contributed by atoms with E-state index in [1.54, 1.807) is 6.07 Å². The molecule has 2 N–H and O–H groups in total. The first-order valence-corrected chi connectivity index (χ1v) is 6.40. The van der Waals surface area contributed by atoms with Crippen LogP contribution in [-0.4, -0.2) is 18.7 Å². The van der Waals surface area contributed by atoms with Crippen molar-refractivity contribution in [2.45, 2.75) is 31.1 Å². The second-order valence-electron chi connectivity index (χ2n) is 4.56. The van der Waals surface area contributed by atoms with Crippen LogP contribution < -0.4 is 56.4 Å². The van der Waals surface area contributed by atoms with Gasteiger partial charge in [0.2, 0.25) is 5.69 Å². The maximum Gasteiger partial charge on any atom is 1.00 e. The second-order valence-corrected chi connectivity index (χ2v) is 5.98. The van der Waals surface area contributed by atoms with Crippen LogP contribution in [0.1, 0.15) is 27.8 Å². The molecule has 1 aliphatic heterocycles. The molecule has 6 heteroatoms. The van der Waals surface area contributed by atoms with Crippen molar-refractivity contribution >= 4 is 21.5 Å². The van der Waals surface area contributed by atoms with E-state index in [-0.39, 0.29) is 63.1 Å². The molecule has 0 bridgehead atoms. The molecular formula is C11H15KNO3S+. The summed E-state index contributed by atoms with van der Waals surface area (Å²) in [7, 11) is -4.13. The summed E-state index contributed by atoms with van der Waals surface area (Å²) in [5.41, 5.74) is 2.63. The van der Waals surface area contributed by atoms with Gasteiger partial charge in [-0.25, -0.2) is 4.99 Å². The maximum atomic E-state index is 11.1. The van der Waals surface area contributed by atoms with Crippen molar-refractivity contribution in [2.75, 3.05) is 0 Å². The Morgan fingerprint density at radius 3 is 2.47 bits per heavy atom. The molecule has 1 aliphatic rings. The molecule has 0 atom stereocenters. The minimum Gasteiger partial charge on any atom is -1.00 e. The quantitative estimate of drug-likeness (QED) is 0.442. The van der Waals surface area contributed by atoms with E-state index in [1.807, 2.05) is 20.8 Å². The van der Waals surface area contributed by atoms with Gasteiger partial charge in [0.05, 0.1) is 10.3 Å². The third-order valence-corrected chi connectivity index (χ3v) is 4.07. The average Bonchev–Trinajstić information content (AvgIpc) is 2.37. The van der Waals surface area contributed by atoms with Gasteiger partial charge in [0.25, 0.3) is 10.1 Å². The van der Waals surface area contributed by atoms with Crippen molar-refractivity contribution in [3.63, 3.8) is 0 Å². The normalized spacial score (nSPS) is 17.1. The van der Waals surface area contributed by atoms with Crippen molar-refractivity contribution in [3.05, 3.63) is 23.8 Å². The minimum absolute atomic E-state index is 0. The molecule has 0 radical (unpaired) electrons. The van der Waals surface area contributed by atoms with E-state index >= 15 is 0 Å². The SMILES string of the molecule is CC1=[NH+]c2ccc(S(=O)(=O)O)cc2C1(C)C.[H-].[K+]. The van der Waals surface area contributed by atoms with Gasteiger partial charge in [0.1, 0.15) is 0 Å². The zero-order chi connectivity index (χ0) is 12.1. The molecule has 0 aromatic heterocycles.